The Bertz CT molecular complexity index is 126. The van der Waals surface area contributed by atoms with Gasteiger partial charge in [-0.1, -0.05) is 31.9 Å². The molecule has 0 spiro atoms. The Labute approximate surface area is 76.5 Å². The van der Waals surface area contributed by atoms with Crippen molar-refractivity contribution in [3.05, 3.63) is 0 Å². The van der Waals surface area contributed by atoms with E-state index < -0.39 is 0 Å². The van der Waals surface area contributed by atoms with Crippen LogP contribution >= 0.6 is 31.9 Å². The molecule has 0 aromatic carbocycles. The Kier molecular flexibility index (Phi) is 2.06. The van der Waals surface area contributed by atoms with E-state index in [1.165, 1.54) is 0 Å². The normalized spacial score (nSPS) is 53.4. The fraction of sp³-hybridized carbons (Fsp3) is 1.00. The predicted octanol–water partition coefficient (Wildman–Crippen LogP) is 1.31. The lowest BCUT2D eigenvalue weighted by Gasteiger charge is -2.09. The van der Waals surface area contributed by atoms with Gasteiger partial charge in [-0.05, 0) is 0 Å². The molecule has 0 radical (unpaired) electrons. The van der Waals surface area contributed by atoms with E-state index in [0.29, 0.717) is 9.65 Å². The minimum Gasteiger partial charge on any atom is -0.373 e. The smallest absolute Gasteiger partial charge is 0.0996 e. The summed E-state index contributed by atoms with van der Waals surface area (Å²) in [4.78, 5) is 0.778. The van der Waals surface area contributed by atoms with Gasteiger partial charge in [0.2, 0.25) is 0 Å². The molecule has 2 nitrogen and oxygen atoms in total. The first-order valence-corrected chi connectivity index (χ1v) is 5.13. The van der Waals surface area contributed by atoms with Crippen molar-refractivity contribution in [1.29, 1.82) is 0 Å². The van der Waals surface area contributed by atoms with E-state index in [0.717, 1.165) is 13.2 Å². The maximum absolute atomic E-state index is 5.48. The monoisotopic (exact) mass is 270 g/mol. The lowest BCUT2D eigenvalue weighted by atomic mass is 10.2. The molecule has 2 aliphatic heterocycles. The van der Waals surface area contributed by atoms with Gasteiger partial charge in [0.15, 0.2) is 0 Å². The molecule has 0 unspecified atom stereocenters. The Morgan fingerprint density at radius 2 is 1.30 bits per heavy atom. The predicted molar refractivity (Wildman–Crippen MR) is 44.9 cm³/mol. The topological polar surface area (TPSA) is 18.5 Å². The summed E-state index contributed by atoms with van der Waals surface area (Å²) in [5.41, 5.74) is 0. The first-order valence-electron chi connectivity index (χ1n) is 3.30. The molecule has 10 heavy (non-hydrogen) atoms. The molecule has 2 rings (SSSR count). The van der Waals surface area contributed by atoms with Crippen LogP contribution in [0, 0.1) is 0 Å². The minimum atomic E-state index is 0.268. The molecular weight excluding hydrogens is 264 g/mol. The van der Waals surface area contributed by atoms with E-state index in [1.54, 1.807) is 0 Å². The molecule has 2 saturated heterocycles. The summed E-state index contributed by atoms with van der Waals surface area (Å²) in [7, 11) is 0. The lowest BCUT2D eigenvalue weighted by molar-refractivity contribution is 0.0749. The van der Waals surface area contributed by atoms with Crippen molar-refractivity contribution in [3.8, 4) is 0 Å². The molecule has 0 aliphatic carbocycles. The third-order valence-electron chi connectivity index (χ3n) is 1.93. The zero-order valence-electron chi connectivity index (χ0n) is 5.30. The van der Waals surface area contributed by atoms with E-state index >= 15 is 0 Å². The average Bonchev–Trinajstić information content (AvgIpc) is 2.41. The number of hydrogen-bond acceptors (Lipinski definition) is 2. The van der Waals surface area contributed by atoms with Crippen LogP contribution in [-0.4, -0.2) is 35.1 Å². The van der Waals surface area contributed by atoms with Crippen LogP contribution in [0.25, 0.3) is 0 Å². The van der Waals surface area contributed by atoms with Gasteiger partial charge in [-0.2, -0.15) is 0 Å². The lowest BCUT2D eigenvalue weighted by Crippen LogP contribution is -2.25. The molecule has 2 aliphatic rings. The number of ether oxygens (including phenoxy) is 2. The second-order valence-electron chi connectivity index (χ2n) is 2.63. The van der Waals surface area contributed by atoms with Crippen molar-refractivity contribution in [2.75, 3.05) is 13.2 Å². The van der Waals surface area contributed by atoms with Gasteiger partial charge >= 0.3 is 0 Å². The van der Waals surface area contributed by atoms with Crippen molar-refractivity contribution < 1.29 is 9.47 Å². The SMILES string of the molecule is Br[C@H]1CO[C@H]2[C@@H]1OC[C@@H]2Br. The first-order chi connectivity index (χ1) is 4.79. The van der Waals surface area contributed by atoms with E-state index in [2.05, 4.69) is 31.9 Å². The highest BCUT2D eigenvalue weighted by molar-refractivity contribution is 9.10. The van der Waals surface area contributed by atoms with Crippen LogP contribution in [0.5, 0.6) is 0 Å². The van der Waals surface area contributed by atoms with E-state index in [4.69, 9.17) is 9.47 Å². The Morgan fingerprint density at radius 3 is 1.70 bits per heavy atom. The maximum atomic E-state index is 5.48. The molecule has 0 saturated carbocycles. The third kappa shape index (κ3) is 1.05. The number of rotatable bonds is 0. The average molecular weight is 272 g/mol. The highest BCUT2D eigenvalue weighted by Gasteiger charge is 2.45. The quantitative estimate of drug-likeness (QED) is 0.619. The zero-order chi connectivity index (χ0) is 7.14. The third-order valence-corrected chi connectivity index (χ3v) is 3.50. The molecule has 0 aromatic rings. The first kappa shape index (κ1) is 7.53. The van der Waals surface area contributed by atoms with Gasteiger partial charge in [0.05, 0.1) is 35.1 Å². The van der Waals surface area contributed by atoms with Crippen molar-refractivity contribution in [2.24, 2.45) is 0 Å². The summed E-state index contributed by atoms with van der Waals surface area (Å²) >= 11 is 7.00. The van der Waals surface area contributed by atoms with Gasteiger partial charge in [-0.25, -0.2) is 0 Å². The van der Waals surface area contributed by atoms with Crippen LogP contribution in [-0.2, 0) is 9.47 Å². The zero-order valence-corrected chi connectivity index (χ0v) is 8.47. The van der Waals surface area contributed by atoms with Crippen molar-refractivity contribution in [1.82, 2.24) is 0 Å². The highest BCUT2D eigenvalue weighted by atomic mass is 79.9. The summed E-state index contributed by atoms with van der Waals surface area (Å²) in [5.74, 6) is 0. The van der Waals surface area contributed by atoms with Gasteiger partial charge in [0.1, 0.15) is 0 Å². The molecule has 2 heterocycles. The molecular formula is C6H8Br2O2. The maximum Gasteiger partial charge on any atom is 0.0996 e. The van der Waals surface area contributed by atoms with Crippen molar-refractivity contribution in [3.63, 3.8) is 0 Å². The number of hydrogen-bond donors (Lipinski definition) is 0. The molecule has 58 valence electrons. The second-order valence-corrected chi connectivity index (χ2v) is 4.98. The Morgan fingerprint density at radius 1 is 0.900 bits per heavy atom. The van der Waals surface area contributed by atoms with E-state index in [1.807, 2.05) is 0 Å². The van der Waals surface area contributed by atoms with Gasteiger partial charge in [0, 0.05) is 0 Å². The molecule has 4 heteroatoms. The molecule has 0 aromatic heterocycles. The minimum absolute atomic E-state index is 0.268. The van der Waals surface area contributed by atoms with Crippen LogP contribution < -0.4 is 0 Å². The van der Waals surface area contributed by atoms with Gasteiger partial charge in [-0.15, -0.1) is 0 Å². The summed E-state index contributed by atoms with van der Waals surface area (Å²) in [5, 5.41) is 0. The second kappa shape index (κ2) is 2.73. The Balaban J connectivity index is 2.09. The fourth-order valence-corrected chi connectivity index (χ4v) is 2.62. The molecule has 2 fully saturated rings. The van der Waals surface area contributed by atoms with Gasteiger partial charge < -0.3 is 9.47 Å². The van der Waals surface area contributed by atoms with Crippen LogP contribution in [0.4, 0.5) is 0 Å². The van der Waals surface area contributed by atoms with Crippen molar-refractivity contribution in [2.45, 2.75) is 21.9 Å². The largest absolute Gasteiger partial charge is 0.373 e. The van der Waals surface area contributed by atoms with Gasteiger partial charge in [0.25, 0.3) is 0 Å². The number of fused-ring (bicyclic) bond motifs is 1. The van der Waals surface area contributed by atoms with E-state index in [-0.39, 0.29) is 12.2 Å². The van der Waals surface area contributed by atoms with Crippen LogP contribution in [0.2, 0.25) is 0 Å². The fourth-order valence-electron chi connectivity index (χ4n) is 1.41. The van der Waals surface area contributed by atoms with Gasteiger partial charge in [-0.3, -0.25) is 0 Å². The number of halogens is 2. The standard InChI is InChI=1S/C6H8Br2O2/c7-3-1-9-6-4(8)2-10-5(3)6/h3-6H,1-2H2/t3-,4-,5+,6+/m0/s1. The van der Waals surface area contributed by atoms with Crippen LogP contribution in [0.1, 0.15) is 0 Å². The highest BCUT2D eigenvalue weighted by Crippen LogP contribution is 2.33. The molecule has 0 amide bonds. The van der Waals surface area contributed by atoms with Crippen molar-refractivity contribution >= 4 is 31.9 Å². The molecule has 0 bridgehead atoms. The summed E-state index contributed by atoms with van der Waals surface area (Å²) < 4.78 is 11.0. The summed E-state index contributed by atoms with van der Waals surface area (Å²) in [6.45, 7) is 1.55. The molecule has 4 atom stereocenters. The summed E-state index contributed by atoms with van der Waals surface area (Å²) in [6, 6.07) is 0. The molecule has 0 N–H and O–H groups in total. The van der Waals surface area contributed by atoms with E-state index in [9.17, 15) is 0 Å². The van der Waals surface area contributed by atoms with Crippen LogP contribution in [0.3, 0.4) is 0 Å². The number of alkyl halides is 2. The summed E-state index contributed by atoms with van der Waals surface area (Å²) in [6.07, 6.45) is 0.536. The van der Waals surface area contributed by atoms with Crippen LogP contribution in [0.15, 0.2) is 0 Å². The Hall–Kier alpha value is 0.880.